The summed E-state index contributed by atoms with van der Waals surface area (Å²) < 4.78 is 5.09. The molecule has 0 bridgehead atoms. The van der Waals surface area contributed by atoms with E-state index in [-0.39, 0.29) is 17.1 Å². The first-order valence-corrected chi connectivity index (χ1v) is 7.69. The van der Waals surface area contributed by atoms with Crippen LogP contribution < -0.4 is 10.1 Å². The molecule has 0 spiro atoms. The number of hydrogen-bond donors (Lipinski definition) is 2. The highest BCUT2D eigenvalue weighted by Gasteiger charge is 2.16. The van der Waals surface area contributed by atoms with E-state index < -0.39 is 10.8 Å². The number of amides is 1. The first kappa shape index (κ1) is 15.7. The summed E-state index contributed by atoms with van der Waals surface area (Å²) in [5.41, 5.74) is 1.16. The lowest BCUT2D eigenvalue weighted by atomic mass is 10.2. The summed E-state index contributed by atoms with van der Waals surface area (Å²) >= 11 is 1.53. The van der Waals surface area contributed by atoms with Gasteiger partial charge in [0, 0.05) is 6.07 Å². The molecule has 0 saturated carbocycles. The molecule has 1 amide bonds. The highest BCUT2D eigenvalue weighted by molar-refractivity contribution is 7.13. The first-order valence-electron chi connectivity index (χ1n) is 6.81. The molecule has 3 rings (SSSR count). The summed E-state index contributed by atoms with van der Waals surface area (Å²) in [6.45, 7) is 0. The number of nitro benzene ring substituents is 1. The number of methoxy groups -OCH3 is 1. The van der Waals surface area contributed by atoms with Crippen LogP contribution in [0, 0.1) is 10.1 Å². The summed E-state index contributed by atoms with van der Waals surface area (Å²) in [4.78, 5) is 23.5. The van der Waals surface area contributed by atoms with Crippen molar-refractivity contribution in [1.29, 1.82) is 0 Å². The minimum absolute atomic E-state index is 0.121. The predicted molar refractivity (Wildman–Crippen MR) is 89.5 cm³/mol. The maximum atomic E-state index is 12.3. The zero-order valence-electron chi connectivity index (χ0n) is 12.5. The fraction of sp³-hybridized carbons (Fsp3) is 0.0667. The number of carbonyl (C=O) groups is 1. The normalized spacial score (nSPS) is 10.4. The Morgan fingerprint density at radius 2 is 2.21 bits per heavy atom. The Hall–Kier alpha value is -3.20. The van der Waals surface area contributed by atoms with E-state index in [9.17, 15) is 14.9 Å². The van der Waals surface area contributed by atoms with Crippen molar-refractivity contribution < 1.29 is 14.5 Å². The summed E-state index contributed by atoms with van der Waals surface area (Å²) in [5.74, 6) is -0.243. The van der Waals surface area contributed by atoms with Gasteiger partial charge >= 0.3 is 0 Å². The Kier molecular flexibility index (Phi) is 4.25. The third kappa shape index (κ3) is 3.10. The molecule has 1 aromatic carbocycles. The van der Waals surface area contributed by atoms with Gasteiger partial charge in [0.15, 0.2) is 5.69 Å². The van der Waals surface area contributed by atoms with Crippen molar-refractivity contribution in [3.8, 4) is 16.3 Å². The topological polar surface area (TPSA) is 110 Å². The fourth-order valence-corrected chi connectivity index (χ4v) is 2.77. The molecule has 0 aliphatic rings. The van der Waals surface area contributed by atoms with E-state index in [4.69, 9.17) is 4.74 Å². The van der Waals surface area contributed by atoms with Crippen molar-refractivity contribution in [2.75, 3.05) is 12.4 Å². The summed E-state index contributed by atoms with van der Waals surface area (Å²) in [6.07, 6.45) is 0. The van der Waals surface area contributed by atoms with Gasteiger partial charge in [0.1, 0.15) is 5.75 Å². The predicted octanol–water partition coefficient (Wildman–Crippen LogP) is 3.31. The van der Waals surface area contributed by atoms with Crippen LogP contribution in [0.15, 0.2) is 41.8 Å². The van der Waals surface area contributed by atoms with E-state index in [1.54, 1.807) is 6.07 Å². The third-order valence-electron chi connectivity index (χ3n) is 3.24. The molecular weight excluding hydrogens is 332 g/mol. The van der Waals surface area contributed by atoms with Gasteiger partial charge in [-0.05, 0) is 23.6 Å². The van der Waals surface area contributed by atoms with Crippen molar-refractivity contribution in [2.24, 2.45) is 0 Å². The second kappa shape index (κ2) is 6.50. The maximum Gasteiger partial charge on any atom is 0.276 e. The summed E-state index contributed by atoms with van der Waals surface area (Å²) in [7, 11) is 1.37. The SMILES string of the molecule is COc1cc([N+](=O)[O-])ccc1NC(=O)c1cc(-c2cccs2)[nH]n1. The zero-order valence-corrected chi connectivity index (χ0v) is 13.3. The van der Waals surface area contributed by atoms with Crippen LogP contribution in [0.1, 0.15) is 10.5 Å². The van der Waals surface area contributed by atoms with E-state index in [2.05, 4.69) is 15.5 Å². The lowest BCUT2D eigenvalue weighted by Crippen LogP contribution is -2.13. The maximum absolute atomic E-state index is 12.3. The van der Waals surface area contributed by atoms with Crippen LogP contribution in [-0.2, 0) is 0 Å². The molecule has 2 N–H and O–H groups in total. The van der Waals surface area contributed by atoms with Crippen LogP contribution in [0.2, 0.25) is 0 Å². The van der Waals surface area contributed by atoms with Gasteiger partial charge in [0.05, 0.1) is 34.4 Å². The van der Waals surface area contributed by atoms with Crippen LogP contribution >= 0.6 is 11.3 Å². The molecule has 2 heterocycles. The highest BCUT2D eigenvalue weighted by Crippen LogP contribution is 2.29. The molecule has 0 fully saturated rings. The Labute approximate surface area is 140 Å². The number of nitro groups is 1. The average Bonchev–Trinajstić information content (AvgIpc) is 3.26. The van der Waals surface area contributed by atoms with Gasteiger partial charge in [-0.1, -0.05) is 6.07 Å². The summed E-state index contributed by atoms with van der Waals surface area (Å²) in [5, 5.41) is 22.2. The molecule has 0 atom stereocenters. The van der Waals surface area contributed by atoms with Gasteiger partial charge in [0.25, 0.3) is 11.6 Å². The average molecular weight is 344 g/mol. The monoisotopic (exact) mass is 344 g/mol. The number of nitrogens with one attached hydrogen (secondary N) is 2. The minimum Gasteiger partial charge on any atom is -0.494 e. The Bertz CT molecular complexity index is 889. The lowest BCUT2D eigenvalue weighted by Gasteiger charge is -2.08. The van der Waals surface area contributed by atoms with Crippen molar-refractivity contribution in [2.45, 2.75) is 0 Å². The molecular formula is C15H12N4O4S. The Morgan fingerprint density at radius 1 is 1.38 bits per heavy atom. The standard InChI is InChI=1S/C15H12N4O4S/c1-23-13-7-9(19(21)22)4-5-10(13)16-15(20)12-8-11(17-18-12)14-3-2-6-24-14/h2-8H,1H3,(H,16,20)(H,17,18). The molecule has 122 valence electrons. The quantitative estimate of drug-likeness (QED) is 0.545. The second-order valence-electron chi connectivity index (χ2n) is 4.74. The smallest absolute Gasteiger partial charge is 0.276 e. The van der Waals surface area contributed by atoms with Gasteiger partial charge in [-0.2, -0.15) is 5.10 Å². The number of rotatable bonds is 5. The van der Waals surface area contributed by atoms with Crippen LogP contribution in [0.3, 0.4) is 0 Å². The molecule has 0 radical (unpaired) electrons. The molecule has 0 unspecified atom stereocenters. The Balaban J connectivity index is 1.81. The number of hydrogen-bond acceptors (Lipinski definition) is 6. The number of H-pyrrole nitrogens is 1. The Morgan fingerprint density at radius 3 is 2.88 bits per heavy atom. The second-order valence-corrected chi connectivity index (χ2v) is 5.69. The van der Waals surface area contributed by atoms with E-state index in [1.165, 1.54) is 36.6 Å². The number of benzene rings is 1. The van der Waals surface area contributed by atoms with Gasteiger partial charge in [-0.3, -0.25) is 20.0 Å². The van der Waals surface area contributed by atoms with Crippen LogP contribution in [0.4, 0.5) is 11.4 Å². The third-order valence-corrected chi connectivity index (χ3v) is 4.14. The molecule has 0 aliphatic carbocycles. The van der Waals surface area contributed by atoms with Crippen molar-refractivity contribution in [3.63, 3.8) is 0 Å². The molecule has 8 nitrogen and oxygen atoms in total. The highest BCUT2D eigenvalue weighted by atomic mass is 32.1. The van der Waals surface area contributed by atoms with E-state index in [1.807, 2.05) is 17.5 Å². The number of aromatic amines is 1. The van der Waals surface area contributed by atoms with Crippen molar-refractivity contribution in [3.05, 3.63) is 57.6 Å². The first-order chi connectivity index (χ1) is 11.6. The van der Waals surface area contributed by atoms with Crippen molar-refractivity contribution >= 4 is 28.6 Å². The molecule has 0 aliphatic heterocycles. The molecule has 0 saturated heterocycles. The number of nitrogens with zero attached hydrogens (tertiary/aromatic N) is 2. The number of non-ortho nitro benzene ring substituents is 1. The number of thiophene rings is 1. The molecule has 9 heteroatoms. The number of ether oxygens (including phenoxy) is 1. The minimum atomic E-state index is -0.533. The lowest BCUT2D eigenvalue weighted by molar-refractivity contribution is -0.384. The number of anilines is 1. The van der Waals surface area contributed by atoms with Gasteiger partial charge in [0.2, 0.25) is 0 Å². The van der Waals surface area contributed by atoms with E-state index in [0.717, 1.165) is 10.6 Å². The molecule has 24 heavy (non-hydrogen) atoms. The van der Waals surface area contributed by atoms with Gasteiger partial charge in [-0.15, -0.1) is 11.3 Å². The summed E-state index contributed by atoms with van der Waals surface area (Å²) in [6, 6.07) is 9.42. The number of aromatic nitrogens is 2. The van der Waals surface area contributed by atoms with E-state index >= 15 is 0 Å². The van der Waals surface area contributed by atoms with Crippen LogP contribution in [0.25, 0.3) is 10.6 Å². The largest absolute Gasteiger partial charge is 0.494 e. The van der Waals surface area contributed by atoms with E-state index in [0.29, 0.717) is 5.69 Å². The molecule has 2 aromatic heterocycles. The van der Waals surface area contributed by atoms with Gasteiger partial charge in [-0.25, -0.2) is 0 Å². The van der Waals surface area contributed by atoms with Gasteiger partial charge < -0.3 is 10.1 Å². The van der Waals surface area contributed by atoms with Crippen LogP contribution in [-0.4, -0.2) is 28.1 Å². The zero-order chi connectivity index (χ0) is 17.1. The molecule has 3 aromatic rings. The number of carbonyl (C=O) groups excluding carboxylic acids is 1. The fourth-order valence-electron chi connectivity index (χ4n) is 2.08. The van der Waals surface area contributed by atoms with Crippen LogP contribution in [0.5, 0.6) is 5.75 Å². The van der Waals surface area contributed by atoms with Crippen molar-refractivity contribution in [1.82, 2.24) is 10.2 Å².